The molecule has 1 unspecified atom stereocenters. The molecule has 0 fully saturated rings. The summed E-state index contributed by atoms with van der Waals surface area (Å²) < 4.78 is 0. The van der Waals surface area contributed by atoms with Gasteiger partial charge >= 0.3 is 0 Å². The molecular weight excluding hydrogens is 240 g/mol. The van der Waals surface area contributed by atoms with Crippen molar-refractivity contribution < 1.29 is 9.90 Å². The van der Waals surface area contributed by atoms with Crippen LogP contribution in [0.5, 0.6) is 0 Å². The molecule has 0 radical (unpaired) electrons. The van der Waals surface area contributed by atoms with E-state index in [0.717, 1.165) is 11.3 Å². The first-order valence-corrected chi connectivity index (χ1v) is 6.07. The van der Waals surface area contributed by atoms with Crippen molar-refractivity contribution in [1.29, 1.82) is 0 Å². The molecule has 1 amide bonds. The third kappa shape index (κ3) is 2.98. The van der Waals surface area contributed by atoms with Gasteiger partial charge in [-0.3, -0.25) is 9.78 Å². The van der Waals surface area contributed by atoms with Gasteiger partial charge in [0, 0.05) is 25.1 Å². The highest BCUT2D eigenvalue weighted by atomic mass is 16.3. The quantitative estimate of drug-likeness (QED) is 0.907. The van der Waals surface area contributed by atoms with Crippen molar-refractivity contribution in [3.05, 3.63) is 60.4 Å². The number of likely N-dealkylation sites (N-methyl/N-ethyl adjacent to an activating group) is 1. The second kappa shape index (κ2) is 6.11. The van der Waals surface area contributed by atoms with E-state index in [1.807, 2.05) is 30.3 Å². The van der Waals surface area contributed by atoms with Crippen LogP contribution in [0.1, 0.15) is 11.5 Å². The van der Waals surface area contributed by atoms with Crippen LogP contribution in [-0.4, -0.2) is 29.7 Å². The fourth-order valence-corrected chi connectivity index (χ4v) is 1.94. The minimum atomic E-state index is -0.542. The lowest BCUT2D eigenvalue weighted by molar-refractivity contribution is -0.120. The van der Waals surface area contributed by atoms with Crippen LogP contribution in [0.4, 0.5) is 5.69 Å². The Morgan fingerprint density at radius 1 is 1.21 bits per heavy atom. The highest BCUT2D eigenvalue weighted by Gasteiger charge is 2.23. The number of hydrogen-bond acceptors (Lipinski definition) is 3. The zero-order valence-corrected chi connectivity index (χ0v) is 10.7. The second-order valence-electron chi connectivity index (χ2n) is 4.25. The van der Waals surface area contributed by atoms with Gasteiger partial charge in [-0.15, -0.1) is 0 Å². The lowest BCUT2D eigenvalue weighted by Crippen LogP contribution is -2.33. The third-order valence-electron chi connectivity index (χ3n) is 3.06. The van der Waals surface area contributed by atoms with E-state index in [4.69, 9.17) is 0 Å². The van der Waals surface area contributed by atoms with Crippen molar-refractivity contribution in [2.45, 2.75) is 5.92 Å². The maximum Gasteiger partial charge on any atom is 0.236 e. The van der Waals surface area contributed by atoms with Crippen molar-refractivity contribution >= 4 is 11.6 Å². The fraction of sp³-hybridized carbons (Fsp3) is 0.200. The lowest BCUT2D eigenvalue weighted by atomic mass is 9.98. The monoisotopic (exact) mass is 256 g/mol. The molecule has 4 nitrogen and oxygen atoms in total. The maximum atomic E-state index is 12.4. The van der Waals surface area contributed by atoms with Crippen molar-refractivity contribution in [2.24, 2.45) is 0 Å². The van der Waals surface area contributed by atoms with Gasteiger partial charge in [0.25, 0.3) is 0 Å². The molecule has 0 aliphatic heterocycles. The number of aliphatic hydroxyl groups excluding tert-OH is 1. The summed E-state index contributed by atoms with van der Waals surface area (Å²) in [5, 5.41) is 9.49. The molecule has 0 bridgehead atoms. The molecule has 2 rings (SSSR count). The predicted octanol–water partition coefficient (Wildman–Crippen LogP) is 1.82. The summed E-state index contributed by atoms with van der Waals surface area (Å²) >= 11 is 0. The molecule has 0 aliphatic carbocycles. The summed E-state index contributed by atoms with van der Waals surface area (Å²) in [6, 6.07) is 12.8. The van der Waals surface area contributed by atoms with E-state index in [0.29, 0.717) is 0 Å². The van der Waals surface area contributed by atoms with E-state index >= 15 is 0 Å². The van der Waals surface area contributed by atoms with Crippen molar-refractivity contribution in [2.75, 3.05) is 18.6 Å². The Hall–Kier alpha value is -2.20. The van der Waals surface area contributed by atoms with E-state index < -0.39 is 5.92 Å². The average molecular weight is 256 g/mol. The minimum Gasteiger partial charge on any atom is -0.395 e. The second-order valence-corrected chi connectivity index (χ2v) is 4.25. The Morgan fingerprint density at radius 3 is 2.42 bits per heavy atom. The number of nitrogens with zero attached hydrogens (tertiary/aromatic N) is 2. The molecule has 19 heavy (non-hydrogen) atoms. The number of aliphatic hydroxyl groups is 1. The van der Waals surface area contributed by atoms with Crippen LogP contribution in [0.15, 0.2) is 54.9 Å². The molecule has 2 aromatic rings. The molecule has 98 valence electrons. The van der Waals surface area contributed by atoms with Crippen LogP contribution >= 0.6 is 0 Å². The number of benzene rings is 1. The van der Waals surface area contributed by atoms with Crippen molar-refractivity contribution in [3.63, 3.8) is 0 Å². The molecule has 1 aromatic carbocycles. The van der Waals surface area contributed by atoms with Gasteiger partial charge in [0.2, 0.25) is 5.91 Å². The molecule has 0 aliphatic rings. The number of anilines is 1. The van der Waals surface area contributed by atoms with E-state index in [9.17, 15) is 9.90 Å². The van der Waals surface area contributed by atoms with Crippen molar-refractivity contribution in [1.82, 2.24) is 4.98 Å². The summed E-state index contributed by atoms with van der Waals surface area (Å²) in [5.41, 5.74) is 1.57. The summed E-state index contributed by atoms with van der Waals surface area (Å²) in [6.07, 6.45) is 3.27. The number of carbonyl (C=O) groups is 1. The normalized spacial score (nSPS) is 11.9. The first kappa shape index (κ1) is 13.2. The molecule has 0 saturated heterocycles. The molecule has 0 saturated carbocycles. The fourth-order valence-electron chi connectivity index (χ4n) is 1.94. The third-order valence-corrected chi connectivity index (χ3v) is 3.06. The smallest absolute Gasteiger partial charge is 0.236 e. The highest BCUT2D eigenvalue weighted by Crippen LogP contribution is 2.20. The Balaban J connectivity index is 2.22. The SMILES string of the molecule is CN(C(=O)C(CO)c1ccccc1)c1ccncc1. The summed E-state index contributed by atoms with van der Waals surface area (Å²) in [4.78, 5) is 17.9. The minimum absolute atomic E-state index is 0.139. The van der Waals surface area contributed by atoms with Gasteiger partial charge in [-0.25, -0.2) is 0 Å². The van der Waals surface area contributed by atoms with Crippen molar-refractivity contribution in [3.8, 4) is 0 Å². The average Bonchev–Trinajstić information content (AvgIpc) is 2.49. The summed E-state index contributed by atoms with van der Waals surface area (Å²) in [5.74, 6) is -0.681. The van der Waals surface area contributed by atoms with E-state index in [1.54, 1.807) is 31.6 Å². The first-order chi connectivity index (χ1) is 9.24. The molecule has 1 aromatic heterocycles. The Morgan fingerprint density at radius 2 is 1.84 bits per heavy atom. The Labute approximate surface area is 112 Å². The van der Waals surface area contributed by atoms with Crippen LogP contribution in [0.3, 0.4) is 0 Å². The van der Waals surface area contributed by atoms with Crippen LogP contribution in [0.25, 0.3) is 0 Å². The summed E-state index contributed by atoms with van der Waals surface area (Å²) in [7, 11) is 1.70. The molecule has 1 N–H and O–H groups in total. The number of aromatic nitrogens is 1. The largest absolute Gasteiger partial charge is 0.395 e. The molecule has 1 atom stereocenters. The van der Waals surface area contributed by atoms with Gasteiger partial charge in [-0.05, 0) is 17.7 Å². The van der Waals surface area contributed by atoms with E-state index in [1.165, 1.54) is 4.90 Å². The number of carbonyl (C=O) groups excluding carboxylic acids is 1. The summed E-state index contributed by atoms with van der Waals surface area (Å²) in [6.45, 7) is -0.210. The molecule has 4 heteroatoms. The van der Waals surface area contributed by atoms with Gasteiger partial charge in [0.1, 0.15) is 0 Å². The predicted molar refractivity (Wildman–Crippen MR) is 73.9 cm³/mol. The number of rotatable bonds is 4. The zero-order valence-electron chi connectivity index (χ0n) is 10.7. The zero-order chi connectivity index (χ0) is 13.7. The maximum absolute atomic E-state index is 12.4. The standard InChI is InChI=1S/C15H16N2O2/c1-17(13-7-9-16-10-8-13)15(19)14(11-18)12-5-3-2-4-6-12/h2-10,14,18H,11H2,1H3. The number of amides is 1. The van der Waals surface area contributed by atoms with Crippen LogP contribution in [0.2, 0.25) is 0 Å². The van der Waals surface area contributed by atoms with Gasteiger partial charge in [-0.2, -0.15) is 0 Å². The Kier molecular flexibility index (Phi) is 4.26. The van der Waals surface area contributed by atoms with Gasteiger partial charge in [0.15, 0.2) is 0 Å². The topological polar surface area (TPSA) is 53.4 Å². The number of hydrogen-bond donors (Lipinski definition) is 1. The van der Waals surface area contributed by atoms with E-state index in [2.05, 4.69) is 4.98 Å². The highest BCUT2D eigenvalue weighted by molar-refractivity contribution is 5.97. The van der Waals surface area contributed by atoms with E-state index in [-0.39, 0.29) is 12.5 Å². The lowest BCUT2D eigenvalue weighted by Gasteiger charge is -2.22. The number of pyridine rings is 1. The molecular formula is C15H16N2O2. The van der Waals surface area contributed by atoms with Crippen LogP contribution in [0, 0.1) is 0 Å². The van der Waals surface area contributed by atoms with Gasteiger partial charge in [-0.1, -0.05) is 30.3 Å². The first-order valence-electron chi connectivity index (χ1n) is 6.07. The van der Waals surface area contributed by atoms with Crippen LogP contribution in [-0.2, 0) is 4.79 Å². The molecule has 0 spiro atoms. The van der Waals surface area contributed by atoms with Gasteiger partial charge < -0.3 is 10.0 Å². The Bertz CT molecular complexity index is 528. The molecule has 1 heterocycles. The van der Waals surface area contributed by atoms with Gasteiger partial charge in [0.05, 0.1) is 12.5 Å². The van der Waals surface area contributed by atoms with Crippen LogP contribution < -0.4 is 4.90 Å².